The van der Waals surface area contributed by atoms with Crippen LogP contribution in [0.25, 0.3) is 9.53 Å². The number of imide groups is 1. The van der Waals surface area contributed by atoms with Crippen LogP contribution in [0.5, 0.6) is 0 Å². The average Bonchev–Trinajstić information content (AvgIpc) is 3.18. The number of carbonyl (C=O) groups excluding carboxylic acids is 3. The molecule has 7 nitrogen and oxygen atoms in total. The Morgan fingerprint density at radius 3 is 2.50 bits per heavy atom. The SMILES string of the molecule is O=C(ON1C(=O)c2ccccc2C1=O)c1csc2nnsc12. The molecule has 0 aliphatic carbocycles. The standard InChI is InChI=1S/C13H5N3O4S2/c17-11-6-3-1-2-4-7(6)12(18)16(11)20-13(19)8-5-21-10-9(8)22-15-14-10/h1-5H. The van der Waals surface area contributed by atoms with Gasteiger partial charge in [0.2, 0.25) is 0 Å². The molecule has 1 aliphatic heterocycles. The van der Waals surface area contributed by atoms with Gasteiger partial charge in [-0.15, -0.1) is 16.4 Å². The second-order valence-corrected chi connectivity index (χ2v) is 6.00. The van der Waals surface area contributed by atoms with Crippen molar-refractivity contribution in [3.05, 3.63) is 46.3 Å². The van der Waals surface area contributed by atoms with Gasteiger partial charge in [0.05, 0.1) is 16.7 Å². The maximum absolute atomic E-state index is 12.2. The molecule has 3 heterocycles. The topological polar surface area (TPSA) is 89.5 Å². The fraction of sp³-hybridized carbons (Fsp3) is 0. The Balaban J connectivity index is 1.65. The zero-order valence-electron chi connectivity index (χ0n) is 10.7. The number of hydrogen-bond donors (Lipinski definition) is 0. The van der Waals surface area contributed by atoms with E-state index in [0.29, 0.717) is 14.6 Å². The zero-order valence-corrected chi connectivity index (χ0v) is 12.3. The molecule has 0 radical (unpaired) electrons. The van der Waals surface area contributed by atoms with Crippen LogP contribution < -0.4 is 0 Å². The fourth-order valence-electron chi connectivity index (χ4n) is 2.12. The van der Waals surface area contributed by atoms with Gasteiger partial charge in [0.15, 0.2) is 4.83 Å². The lowest BCUT2D eigenvalue weighted by Gasteiger charge is -2.11. The number of rotatable bonds is 2. The Labute approximate surface area is 130 Å². The minimum Gasteiger partial charge on any atom is -0.324 e. The van der Waals surface area contributed by atoms with Crippen LogP contribution in [0.3, 0.4) is 0 Å². The molecule has 0 spiro atoms. The fourth-order valence-corrected chi connectivity index (χ4v) is 3.81. The van der Waals surface area contributed by atoms with Crippen molar-refractivity contribution < 1.29 is 19.2 Å². The van der Waals surface area contributed by atoms with Gasteiger partial charge in [-0.3, -0.25) is 9.59 Å². The summed E-state index contributed by atoms with van der Waals surface area (Å²) in [5, 5.41) is 5.90. The van der Waals surface area contributed by atoms with Gasteiger partial charge in [0.1, 0.15) is 4.70 Å². The van der Waals surface area contributed by atoms with E-state index in [0.717, 1.165) is 11.5 Å². The Kier molecular flexibility index (Phi) is 2.78. The highest BCUT2D eigenvalue weighted by molar-refractivity contribution is 7.24. The van der Waals surface area contributed by atoms with Crippen LogP contribution in [0.15, 0.2) is 29.6 Å². The van der Waals surface area contributed by atoms with Gasteiger partial charge >= 0.3 is 5.97 Å². The predicted octanol–water partition coefficient (Wildman–Crippen LogP) is 2.12. The quantitative estimate of drug-likeness (QED) is 0.668. The molecule has 0 atom stereocenters. The molecule has 0 N–H and O–H groups in total. The second kappa shape index (κ2) is 4.68. The Hall–Kier alpha value is -2.65. The normalized spacial score (nSPS) is 13.7. The van der Waals surface area contributed by atoms with E-state index in [1.54, 1.807) is 17.5 Å². The van der Waals surface area contributed by atoms with Crippen LogP contribution in [-0.2, 0) is 4.84 Å². The third kappa shape index (κ3) is 1.76. The molecule has 0 unspecified atom stereocenters. The number of nitrogens with zero attached hydrogens (tertiary/aromatic N) is 3. The van der Waals surface area contributed by atoms with Crippen LogP contribution >= 0.6 is 22.9 Å². The largest absolute Gasteiger partial charge is 0.366 e. The van der Waals surface area contributed by atoms with Gasteiger partial charge in [-0.1, -0.05) is 21.7 Å². The van der Waals surface area contributed by atoms with Gasteiger partial charge in [-0.2, -0.15) is 0 Å². The van der Waals surface area contributed by atoms with Crippen LogP contribution in [0.4, 0.5) is 0 Å². The Bertz CT molecular complexity index is 911. The monoisotopic (exact) mass is 331 g/mol. The number of thiophene rings is 1. The summed E-state index contributed by atoms with van der Waals surface area (Å²) in [5.74, 6) is -2.09. The molecule has 1 aliphatic rings. The molecule has 2 aromatic heterocycles. The van der Waals surface area contributed by atoms with Crippen molar-refractivity contribution in [3.8, 4) is 0 Å². The van der Waals surface area contributed by atoms with Gasteiger partial charge in [-0.05, 0) is 23.7 Å². The summed E-state index contributed by atoms with van der Waals surface area (Å²) in [6.45, 7) is 0. The highest BCUT2D eigenvalue weighted by Gasteiger charge is 2.39. The minimum absolute atomic E-state index is 0.218. The van der Waals surface area contributed by atoms with E-state index in [2.05, 4.69) is 9.59 Å². The van der Waals surface area contributed by atoms with Gasteiger partial charge < -0.3 is 4.84 Å². The lowest BCUT2D eigenvalue weighted by Crippen LogP contribution is -2.32. The number of benzene rings is 1. The molecule has 0 saturated heterocycles. The summed E-state index contributed by atoms with van der Waals surface area (Å²) in [7, 11) is 0. The third-order valence-corrected chi connectivity index (χ3v) is 4.89. The lowest BCUT2D eigenvalue weighted by molar-refractivity contribution is -0.0582. The molecule has 1 aromatic carbocycles. The highest BCUT2D eigenvalue weighted by Crippen LogP contribution is 2.29. The molecule has 4 rings (SSSR count). The summed E-state index contributed by atoms with van der Waals surface area (Å²) in [6, 6.07) is 6.31. The van der Waals surface area contributed by atoms with Crippen molar-refractivity contribution >= 4 is 50.2 Å². The summed E-state index contributed by atoms with van der Waals surface area (Å²) < 4.78 is 4.32. The number of carbonyl (C=O) groups is 3. The summed E-state index contributed by atoms with van der Waals surface area (Å²) >= 11 is 2.30. The van der Waals surface area contributed by atoms with Crippen LogP contribution in [0.1, 0.15) is 31.1 Å². The number of hydroxylamine groups is 2. The first-order valence-corrected chi connectivity index (χ1v) is 7.72. The number of amides is 2. The summed E-state index contributed by atoms with van der Waals surface area (Å²) in [4.78, 5) is 42.1. The first kappa shape index (κ1) is 13.0. The maximum Gasteiger partial charge on any atom is 0.366 e. The maximum atomic E-state index is 12.2. The molecule has 9 heteroatoms. The number of hydrogen-bond acceptors (Lipinski definition) is 8. The van der Waals surface area contributed by atoms with Gasteiger partial charge in [0.25, 0.3) is 11.8 Å². The predicted molar refractivity (Wildman–Crippen MR) is 77.6 cm³/mol. The molecule has 0 fully saturated rings. The number of aromatic nitrogens is 2. The van der Waals surface area contributed by atoms with E-state index < -0.39 is 17.8 Å². The zero-order chi connectivity index (χ0) is 15.3. The minimum atomic E-state index is -0.785. The van der Waals surface area contributed by atoms with Crippen molar-refractivity contribution in [3.63, 3.8) is 0 Å². The van der Waals surface area contributed by atoms with Gasteiger partial charge in [-0.25, -0.2) is 4.79 Å². The van der Waals surface area contributed by atoms with Crippen LogP contribution in [-0.4, -0.2) is 32.4 Å². The van der Waals surface area contributed by atoms with Gasteiger partial charge in [0, 0.05) is 5.38 Å². The third-order valence-electron chi connectivity index (χ3n) is 3.14. The first-order valence-electron chi connectivity index (χ1n) is 6.06. The van der Waals surface area contributed by atoms with Crippen molar-refractivity contribution in [2.45, 2.75) is 0 Å². The molecule has 108 valence electrons. The van der Waals surface area contributed by atoms with Crippen molar-refractivity contribution in [1.82, 2.24) is 14.7 Å². The van der Waals surface area contributed by atoms with Crippen LogP contribution in [0.2, 0.25) is 0 Å². The highest BCUT2D eigenvalue weighted by atomic mass is 32.1. The van der Waals surface area contributed by atoms with E-state index >= 15 is 0 Å². The van der Waals surface area contributed by atoms with E-state index in [1.807, 2.05) is 0 Å². The summed E-state index contributed by atoms with van der Waals surface area (Å²) in [5.41, 5.74) is 0.678. The van der Waals surface area contributed by atoms with Crippen molar-refractivity contribution in [2.24, 2.45) is 0 Å². The van der Waals surface area contributed by atoms with E-state index in [4.69, 9.17) is 4.84 Å². The molecule has 3 aromatic rings. The van der Waals surface area contributed by atoms with E-state index in [-0.39, 0.29) is 16.7 Å². The van der Waals surface area contributed by atoms with E-state index in [1.165, 1.54) is 23.5 Å². The molecular formula is C13H5N3O4S2. The van der Waals surface area contributed by atoms with Crippen molar-refractivity contribution in [1.29, 1.82) is 0 Å². The molecule has 0 bridgehead atoms. The molecule has 22 heavy (non-hydrogen) atoms. The number of fused-ring (bicyclic) bond motifs is 2. The smallest absolute Gasteiger partial charge is 0.324 e. The first-order chi connectivity index (χ1) is 10.7. The Morgan fingerprint density at radius 2 is 1.82 bits per heavy atom. The lowest BCUT2D eigenvalue weighted by atomic mass is 10.1. The average molecular weight is 331 g/mol. The molecular weight excluding hydrogens is 326 g/mol. The molecule has 2 amide bonds. The molecule has 0 saturated carbocycles. The summed E-state index contributed by atoms with van der Waals surface area (Å²) in [6.07, 6.45) is 0. The second-order valence-electron chi connectivity index (χ2n) is 4.39. The Morgan fingerprint density at radius 1 is 1.14 bits per heavy atom. The van der Waals surface area contributed by atoms with Crippen molar-refractivity contribution in [2.75, 3.05) is 0 Å². The van der Waals surface area contributed by atoms with E-state index in [9.17, 15) is 14.4 Å². The van der Waals surface area contributed by atoms with Crippen LogP contribution in [0, 0.1) is 0 Å².